The molecule has 4 heteroatoms. The van der Waals surface area contributed by atoms with Crippen LogP contribution in [0.25, 0.3) is 0 Å². The molecule has 1 aromatic rings. The molecule has 2 N–H and O–H groups in total. The molecule has 11 heavy (non-hydrogen) atoms. The van der Waals surface area contributed by atoms with Gasteiger partial charge in [0.05, 0.1) is 5.75 Å². The first-order valence-electron chi connectivity index (χ1n) is 3.16. The van der Waals surface area contributed by atoms with Crippen molar-refractivity contribution < 1.29 is 4.79 Å². The van der Waals surface area contributed by atoms with Gasteiger partial charge in [-0.25, -0.2) is 0 Å². The quantitative estimate of drug-likeness (QED) is 0.775. The lowest BCUT2D eigenvalue weighted by atomic mass is 10.4. The molecule has 1 rings (SSSR count). The van der Waals surface area contributed by atoms with E-state index in [0.717, 1.165) is 5.75 Å². The Labute approximate surface area is 73.8 Å². The molecule has 0 aliphatic heterocycles. The van der Waals surface area contributed by atoms with Gasteiger partial charge in [-0.3, -0.25) is 4.79 Å². The molecule has 0 atom stereocenters. The lowest BCUT2D eigenvalue weighted by Gasteiger charge is -1.94. The van der Waals surface area contributed by atoms with E-state index in [-0.39, 0.29) is 5.91 Å². The number of thioether (sulfide) groups is 1. The van der Waals surface area contributed by atoms with Crippen molar-refractivity contribution in [2.75, 3.05) is 5.75 Å². The van der Waals surface area contributed by atoms with E-state index in [1.54, 1.807) is 23.1 Å². The molecule has 0 aromatic carbocycles. The molecule has 2 nitrogen and oxygen atoms in total. The van der Waals surface area contributed by atoms with Crippen molar-refractivity contribution in [1.82, 2.24) is 0 Å². The minimum atomic E-state index is -0.245. The molecule has 0 aliphatic rings. The van der Waals surface area contributed by atoms with E-state index < -0.39 is 0 Å². The number of carbonyl (C=O) groups excluding carboxylic acids is 1. The fraction of sp³-hybridized carbons (Fsp3) is 0.286. The zero-order valence-electron chi connectivity index (χ0n) is 5.95. The first-order chi connectivity index (χ1) is 5.29. The number of carbonyl (C=O) groups is 1. The third kappa shape index (κ3) is 3.43. The number of nitrogens with two attached hydrogens (primary N) is 1. The summed E-state index contributed by atoms with van der Waals surface area (Å²) in [7, 11) is 0. The predicted octanol–water partition coefficient (Wildman–Crippen LogP) is 1.47. The monoisotopic (exact) mass is 187 g/mol. The zero-order valence-corrected chi connectivity index (χ0v) is 7.58. The normalized spacial score (nSPS) is 9.82. The van der Waals surface area contributed by atoms with Crippen molar-refractivity contribution in [3.63, 3.8) is 0 Å². The van der Waals surface area contributed by atoms with Crippen molar-refractivity contribution in [3.05, 3.63) is 22.4 Å². The highest BCUT2D eigenvalue weighted by Crippen LogP contribution is 2.14. The van der Waals surface area contributed by atoms with E-state index in [4.69, 9.17) is 5.73 Å². The second kappa shape index (κ2) is 4.41. The van der Waals surface area contributed by atoms with E-state index in [9.17, 15) is 4.79 Å². The maximum atomic E-state index is 10.3. The standard InChI is InChI=1S/C7H9NOS2/c8-7(9)5-11-4-6-1-2-10-3-6/h1-3H,4-5H2,(H2,8,9). The summed E-state index contributed by atoms with van der Waals surface area (Å²) in [6.07, 6.45) is 0. The summed E-state index contributed by atoms with van der Waals surface area (Å²) in [6, 6.07) is 2.05. The predicted molar refractivity (Wildman–Crippen MR) is 49.7 cm³/mol. The number of rotatable bonds is 4. The molecule has 60 valence electrons. The summed E-state index contributed by atoms with van der Waals surface area (Å²) >= 11 is 3.22. The SMILES string of the molecule is NC(=O)CSCc1ccsc1. The Bertz CT molecular complexity index is 220. The number of amides is 1. The molecule has 0 saturated heterocycles. The smallest absolute Gasteiger partial charge is 0.227 e. The number of primary amides is 1. The van der Waals surface area contributed by atoms with Gasteiger partial charge in [0.2, 0.25) is 5.91 Å². The molecular weight excluding hydrogens is 178 g/mol. The Morgan fingerprint density at radius 1 is 1.73 bits per heavy atom. The van der Waals surface area contributed by atoms with Crippen molar-refractivity contribution in [2.45, 2.75) is 5.75 Å². The first-order valence-corrected chi connectivity index (χ1v) is 5.26. The number of hydrogen-bond donors (Lipinski definition) is 1. The maximum Gasteiger partial charge on any atom is 0.227 e. The van der Waals surface area contributed by atoms with Crippen LogP contribution in [0.5, 0.6) is 0 Å². The van der Waals surface area contributed by atoms with Crippen LogP contribution in [0.1, 0.15) is 5.56 Å². The fourth-order valence-electron chi connectivity index (χ4n) is 0.644. The Hall–Kier alpha value is -0.480. The van der Waals surface area contributed by atoms with E-state index >= 15 is 0 Å². The minimum absolute atomic E-state index is 0.245. The highest BCUT2D eigenvalue weighted by Gasteiger charge is 1.96. The summed E-state index contributed by atoms with van der Waals surface area (Å²) < 4.78 is 0. The van der Waals surface area contributed by atoms with Crippen molar-refractivity contribution >= 4 is 29.0 Å². The summed E-state index contributed by atoms with van der Waals surface area (Å²) in [5, 5.41) is 4.11. The maximum absolute atomic E-state index is 10.3. The average molecular weight is 187 g/mol. The second-order valence-corrected chi connectivity index (χ2v) is 3.86. The molecule has 0 radical (unpaired) electrons. The van der Waals surface area contributed by atoms with E-state index in [1.165, 1.54) is 5.56 Å². The second-order valence-electron chi connectivity index (χ2n) is 2.09. The fourth-order valence-corrected chi connectivity index (χ4v) is 2.14. The molecule has 0 fully saturated rings. The van der Waals surface area contributed by atoms with Gasteiger partial charge in [-0.05, 0) is 22.4 Å². The van der Waals surface area contributed by atoms with Crippen LogP contribution in [-0.2, 0) is 10.5 Å². The Morgan fingerprint density at radius 3 is 3.09 bits per heavy atom. The Morgan fingerprint density at radius 2 is 2.55 bits per heavy atom. The van der Waals surface area contributed by atoms with Gasteiger partial charge in [-0.2, -0.15) is 11.3 Å². The molecule has 0 unspecified atom stereocenters. The molecule has 1 aromatic heterocycles. The molecule has 0 spiro atoms. The molecule has 1 heterocycles. The highest BCUT2D eigenvalue weighted by atomic mass is 32.2. The van der Waals surface area contributed by atoms with Crippen molar-refractivity contribution in [1.29, 1.82) is 0 Å². The van der Waals surface area contributed by atoms with Gasteiger partial charge in [-0.1, -0.05) is 0 Å². The van der Waals surface area contributed by atoms with Gasteiger partial charge >= 0.3 is 0 Å². The van der Waals surface area contributed by atoms with Crippen LogP contribution in [0.3, 0.4) is 0 Å². The lowest BCUT2D eigenvalue weighted by molar-refractivity contribution is -0.115. The zero-order chi connectivity index (χ0) is 8.10. The van der Waals surface area contributed by atoms with Crippen LogP contribution in [0, 0.1) is 0 Å². The molecule has 0 bridgehead atoms. The summed E-state index contributed by atoms with van der Waals surface area (Å²) in [4.78, 5) is 10.3. The highest BCUT2D eigenvalue weighted by molar-refractivity contribution is 7.99. The van der Waals surface area contributed by atoms with Crippen LogP contribution in [-0.4, -0.2) is 11.7 Å². The van der Waals surface area contributed by atoms with Crippen molar-refractivity contribution in [2.24, 2.45) is 5.73 Å². The van der Waals surface area contributed by atoms with Gasteiger partial charge in [0, 0.05) is 5.75 Å². The van der Waals surface area contributed by atoms with E-state index in [2.05, 4.69) is 11.4 Å². The van der Waals surface area contributed by atoms with E-state index in [1.807, 2.05) is 5.38 Å². The van der Waals surface area contributed by atoms with Crippen LogP contribution in [0.15, 0.2) is 16.8 Å². The number of hydrogen-bond acceptors (Lipinski definition) is 3. The third-order valence-electron chi connectivity index (χ3n) is 1.09. The Balaban J connectivity index is 2.19. The first kappa shape index (κ1) is 8.62. The van der Waals surface area contributed by atoms with Gasteiger partial charge < -0.3 is 5.73 Å². The van der Waals surface area contributed by atoms with Gasteiger partial charge in [0.15, 0.2) is 0 Å². The minimum Gasteiger partial charge on any atom is -0.369 e. The molecule has 0 saturated carbocycles. The van der Waals surface area contributed by atoms with E-state index in [0.29, 0.717) is 5.75 Å². The lowest BCUT2D eigenvalue weighted by Crippen LogP contribution is -2.13. The molecular formula is C7H9NOS2. The summed E-state index contributed by atoms with van der Waals surface area (Å²) in [5.74, 6) is 1.05. The van der Waals surface area contributed by atoms with Crippen LogP contribution < -0.4 is 5.73 Å². The largest absolute Gasteiger partial charge is 0.369 e. The summed E-state index contributed by atoms with van der Waals surface area (Å²) in [6.45, 7) is 0. The third-order valence-corrected chi connectivity index (χ3v) is 2.85. The van der Waals surface area contributed by atoms with Crippen LogP contribution in [0.4, 0.5) is 0 Å². The summed E-state index contributed by atoms with van der Waals surface area (Å²) in [5.41, 5.74) is 6.24. The number of thiophene rings is 1. The molecule has 0 aliphatic carbocycles. The topological polar surface area (TPSA) is 43.1 Å². The van der Waals surface area contributed by atoms with Gasteiger partial charge in [-0.15, -0.1) is 11.8 Å². The van der Waals surface area contributed by atoms with Crippen LogP contribution in [0.2, 0.25) is 0 Å². The molecule has 1 amide bonds. The Kier molecular flexibility index (Phi) is 3.45. The average Bonchev–Trinajstić information content (AvgIpc) is 2.39. The van der Waals surface area contributed by atoms with Gasteiger partial charge in [0.1, 0.15) is 0 Å². The van der Waals surface area contributed by atoms with Crippen LogP contribution >= 0.6 is 23.1 Å². The van der Waals surface area contributed by atoms with Crippen molar-refractivity contribution in [3.8, 4) is 0 Å². The van der Waals surface area contributed by atoms with Gasteiger partial charge in [0.25, 0.3) is 0 Å².